The van der Waals surface area contributed by atoms with Crippen molar-refractivity contribution >= 4 is 43.2 Å². The molecule has 0 aromatic heterocycles. The van der Waals surface area contributed by atoms with Crippen LogP contribution in [0.5, 0.6) is 5.75 Å². The Hall–Kier alpha value is -2.33. The highest BCUT2D eigenvalue weighted by Gasteiger charge is 2.75. The van der Waals surface area contributed by atoms with Crippen molar-refractivity contribution in [3.8, 4) is 5.75 Å². The molecule has 5 aliphatic rings. The SMILES string of the molecule is CCC1(C(=O)OC2B3OC(=O)C4C3OC2C4C(=O)Oc2c(C)cc(S)cc2C(C)C)CC2CC(C)C(=O)C(C2)C1. The maximum absolute atomic E-state index is 13.9. The Morgan fingerprint density at radius 1 is 1.20 bits per heavy atom. The quantitative estimate of drug-likeness (QED) is 0.235. The zero-order chi connectivity index (χ0) is 28.7. The molecule has 3 heterocycles. The van der Waals surface area contributed by atoms with E-state index in [1.54, 1.807) is 0 Å². The van der Waals surface area contributed by atoms with Gasteiger partial charge in [-0.05, 0) is 74.1 Å². The minimum absolute atomic E-state index is 0.0269. The largest absolute Gasteiger partial charge is 0.529 e. The topological polar surface area (TPSA) is 105 Å². The molecule has 3 saturated heterocycles. The number of rotatable bonds is 6. The summed E-state index contributed by atoms with van der Waals surface area (Å²) in [6.45, 7) is 9.06. The van der Waals surface area contributed by atoms with E-state index in [2.05, 4.69) is 12.6 Å². The van der Waals surface area contributed by atoms with Crippen molar-refractivity contribution in [1.29, 1.82) is 0 Å². The number of hydrogen-bond acceptors (Lipinski definition) is 9. The lowest BCUT2D eigenvalue weighted by Crippen LogP contribution is -2.53. The number of ketones is 1. The van der Waals surface area contributed by atoms with Crippen LogP contribution in [0.25, 0.3) is 0 Å². The number of benzene rings is 1. The molecule has 0 amide bonds. The van der Waals surface area contributed by atoms with E-state index < -0.39 is 54.2 Å². The number of esters is 2. The van der Waals surface area contributed by atoms with Gasteiger partial charge in [-0.15, -0.1) is 12.6 Å². The predicted octanol–water partition coefficient (Wildman–Crippen LogP) is 4.29. The van der Waals surface area contributed by atoms with Gasteiger partial charge in [0.2, 0.25) is 0 Å². The Balaban J connectivity index is 1.24. The summed E-state index contributed by atoms with van der Waals surface area (Å²) in [5.41, 5.74) is 0.829. The molecule has 2 aliphatic carbocycles. The third-order valence-electron chi connectivity index (χ3n) is 10.2. The van der Waals surface area contributed by atoms with E-state index in [0.717, 1.165) is 28.9 Å². The van der Waals surface area contributed by atoms with Crippen LogP contribution in [0.1, 0.15) is 76.8 Å². The normalized spacial score (nSPS) is 37.6. The average molecular weight is 568 g/mol. The van der Waals surface area contributed by atoms with Crippen LogP contribution >= 0.6 is 12.6 Å². The number of fused-ring (bicyclic) bond motifs is 3. The van der Waals surface area contributed by atoms with E-state index in [1.165, 1.54) is 0 Å². The van der Waals surface area contributed by atoms with Gasteiger partial charge in [0.25, 0.3) is 5.97 Å². The lowest BCUT2D eigenvalue weighted by atomic mass is 9.50. The maximum Gasteiger partial charge on any atom is 0.435 e. The van der Waals surface area contributed by atoms with Gasteiger partial charge in [0.15, 0.2) is 0 Å². The van der Waals surface area contributed by atoms with Crippen LogP contribution in [0.3, 0.4) is 0 Å². The van der Waals surface area contributed by atoms with Gasteiger partial charge in [-0.3, -0.25) is 19.2 Å². The van der Waals surface area contributed by atoms with Crippen molar-refractivity contribution in [2.75, 3.05) is 0 Å². The van der Waals surface area contributed by atoms with Crippen LogP contribution < -0.4 is 4.74 Å². The first-order valence-electron chi connectivity index (χ1n) is 14.6. The lowest BCUT2D eigenvalue weighted by molar-refractivity contribution is -0.171. The standard InChI is InChI=1S/C30H37BO8S/c1-6-30(11-16-7-14(4)22(32)17(9-16)12-30)29(35)38-26-24-20(21-25(36-24)31(26)39-28(21)34)27(33)37-23-15(5)8-18(40)10-19(23)13(2)3/h8,10,13-14,16-17,20-21,24-26,40H,6-7,9,11-12H2,1-5H3. The number of carbonyl (C=O) groups excluding carboxylic acids is 4. The van der Waals surface area contributed by atoms with E-state index in [0.29, 0.717) is 30.9 Å². The summed E-state index contributed by atoms with van der Waals surface area (Å²) in [4.78, 5) is 54.1. The fourth-order valence-electron chi connectivity index (χ4n) is 8.20. The molecule has 5 fully saturated rings. The first-order valence-corrected chi connectivity index (χ1v) is 15.0. The fourth-order valence-corrected chi connectivity index (χ4v) is 8.53. The first-order chi connectivity index (χ1) is 18.9. The maximum atomic E-state index is 13.9. The Labute approximate surface area is 240 Å². The highest BCUT2D eigenvalue weighted by atomic mass is 32.1. The van der Waals surface area contributed by atoms with E-state index in [4.69, 9.17) is 18.9 Å². The van der Waals surface area contributed by atoms with E-state index in [9.17, 15) is 19.2 Å². The van der Waals surface area contributed by atoms with E-state index >= 15 is 0 Å². The van der Waals surface area contributed by atoms with Gasteiger partial charge in [-0.1, -0.05) is 27.7 Å². The fraction of sp³-hybridized carbons (Fsp3) is 0.667. The molecule has 1 aromatic rings. The number of thiol groups is 1. The Bertz CT molecular complexity index is 1280. The molecule has 8 nitrogen and oxygen atoms in total. The van der Waals surface area contributed by atoms with Gasteiger partial charge in [0.1, 0.15) is 29.6 Å². The van der Waals surface area contributed by atoms with Crippen LogP contribution in [0.4, 0.5) is 0 Å². The van der Waals surface area contributed by atoms with Gasteiger partial charge in [0, 0.05) is 16.7 Å². The van der Waals surface area contributed by atoms with Crippen LogP contribution in [-0.4, -0.2) is 48.7 Å². The summed E-state index contributed by atoms with van der Waals surface area (Å²) in [5.74, 6) is -2.29. The number of carbonyl (C=O) groups is 4. The molecule has 6 rings (SSSR count). The number of ether oxygens (including phenoxy) is 3. The summed E-state index contributed by atoms with van der Waals surface area (Å²) in [6.07, 6.45) is 2.49. The molecule has 4 bridgehead atoms. The molecule has 0 radical (unpaired) electrons. The van der Waals surface area contributed by atoms with Crippen LogP contribution in [0.2, 0.25) is 0 Å². The summed E-state index contributed by atoms with van der Waals surface area (Å²) in [7, 11) is 0. The minimum Gasteiger partial charge on any atom is -0.529 e. The Morgan fingerprint density at radius 3 is 2.65 bits per heavy atom. The van der Waals surface area contributed by atoms with Gasteiger partial charge in [-0.2, -0.15) is 0 Å². The molecule has 10 heteroatoms. The van der Waals surface area contributed by atoms with Gasteiger partial charge >= 0.3 is 18.9 Å². The van der Waals surface area contributed by atoms with Crippen LogP contribution in [-0.2, 0) is 33.3 Å². The smallest absolute Gasteiger partial charge is 0.435 e. The van der Waals surface area contributed by atoms with Crippen LogP contribution in [0, 0.1) is 41.9 Å². The first kappa shape index (κ1) is 27.8. The molecule has 0 N–H and O–H groups in total. The average Bonchev–Trinajstić information content (AvgIpc) is 3.52. The lowest BCUT2D eigenvalue weighted by Gasteiger charge is -2.46. The molecular weight excluding hydrogens is 531 g/mol. The molecule has 1 aromatic carbocycles. The molecular formula is C30H37BO8S. The molecule has 214 valence electrons. The molecule has 40 heavy (non-hydrogen) atoms. The Kier molecular flexibility index (Phi) is 6.88. The predicted molar refractivity (Wildman–Crippen MR) is 148 cm³/mol. The highest BCUT2D eigenvalue weighted by molar-refractivity contribution is 7.80. The summed E-state index contributed by atoms with van der Waals surface area (Å²) < 4.78 is 23.9. The zero-order valence-corrected chi connectivity index (χ0v) is 24.6. The molecule has 2 saturated carbocycles. The van der Waals surface area contributed by atoms with Gasteiger partial charge in [0.05, 0.1) is 17.3 Å². The number of aryl methyl sites for hydroxylation is 1. The third kappa shape index (κ3) is 4.23. The third-order valence-corrected chi connectivity index (χ3v) is 10.4. The van der Waals surface area contributed by atoms with E-state index in [-0.39, 0.29) is 29.5 Å². The molecule has 3 aliphatic heterocycles. The number of Topliss-reactive ketones (excluding diaryl/α,β-unsaturated/α-hetero) is 1. The van der Waals surface area contributed by atoms with Gasteiger partial charge < -0.3 is 18.9 Å². The zero-order valence-electron chi connectivity index (χ0n) is 23.7. The molecule has 9 atom stereocenters. The van der Waals surface area contributed by atoms with Crippen molar-refractivity contribution in [3.05, 3.63) is 23.3 Å². The van der Waals surface area contributed by atoms with Crippen molar-refractivity contribution in [2.24, 2.45) is 35.0 Å². The van der Waals surface area contributed by atoms with Crippen molar-refractivity contribution < 1.29 is 38.0 Å². The van der Waals surface area contributed by atoms with Crippen molar-refractivity contribution in [3.63, 3.8) is 0 Å². The second-order valence-electron chi connectivity index (χ2n) is 13.0. The molecule has 9 unspecified atom stereocenters. The van der Waals surface area contributed by atoms with E-state index in [1.807, 2.05) is 46.8 Å². The second kappa shape index (κ2) is 9.90. The van der Waals surface area contributed by atoms with Gasteiger partial charge in [-0.25, -0.2) is 0 Å². The minimum atomic E-state index is -0.949. The summed E-state index contributed by atoms with van der Waals surface area (Å²) in [5, 5.41) is 0. The summed E-state index contributed by atoms with van der Waals surface area (Å²) >= 11 is 4.47. The highest BCUT2D eigenvalue weighted by Crippen LogP contribution is 2.54. The number of hydrogen-bond donors (Lipinski definition) is 1. The summed E-state index contributed by atoms with van der Waals surface area (Å²) in [6, 6.07) is 2.14. The van der Waals surface area contributed by atoms with Crippen molar-refractivity contribution in [2.45, 2.75) is 95.6 Å². The van der Waals surface area contributed by atoms with Crippen LogP contribution in [0.15, 0.2) is 17.0 Å². The monoisotopic (exact) mass is 568 g/mol. The second-order valence-corrected chi connectivity index (χ2v) is 13.5. The van der Waals surface area contributed by atoms with Crippen molar-refractivity contribution in [1.82, 2.24) is 0 Å². The Morgan fingerprint density at radius 2 is 1.95 bits per heavy atom. The molecule has 0 spiro atoms.